The van der Waals surface area contributed by atoms with E-state index in [1.54, 1.807) is 17.8 Å². The third-order valence-corrected chi connectivity index (χ3v) is 2.55. The van der Waals surface area contributed by atoms with Crippen LogP contribution in [0.2, 0.25) is 0 Å². The molecule has 0 amide bonds. The minimum Gasteiger partial charge on any atom is -0.383 e. The zero-order valence-corrected chi connectivity index (χ0v) is 9.34. The second-order valence-electron chi connectivity index (χ2n) is 3.53. The van der Waals surface area contributed by atoms with Gasteiger partial charge in [0, 0.05) is 11.8 Å². The summed E-state index contributed by atoms with van der Waals surface area (Å²) in [4.78, 5) is 8.16. The number of hydrogen-bond donors (Lipinski definition) is 2. The third kappa shape index (κ3) is 3.83. The van der Waals surface area contributed by atoms with Crippen LogP contribution in [0.25, 0.3) is 0 Å². The minimum absolute atomic E-state index is 0.435. The lowest BCUT2D eigenvalue weighted by molar-refractivity contribution is 0.631. The van der Waals surface area contributed by atoms with Gasteiger partial charge in [0.05, 0.1) is 0 Å². The highest BCUT2D eigenvalue weighted by atomic mass is 32.2. The molecule has 0 saturated carbocycles. The van der Waals surface area contributed by atoms with Crippen molar-refractivity contribution in [2.45, 2.75) is 25.4 Å². The van der Waals surface area contributed by atoms with E-state index in [0.29, 0.717) is 22.7 Å². The molecule has 1 rings (SSSR count). The average Bonchev–Trinajstić information content (AvgIpc) is 2.01. The normalized spacial score (nSPS) is 10.8. The molecule has 78 valence electrons. The van der Waals surface area contributed by atoms with Crippen LogP contribution in [0.4, 0.5) is 11.6 Å². The quantitative estimate of drug-likeness (QED) is 0.587. The topological polar surface area (TPSA) is 77.8 Å². The van der Waals surface area contributed by atoms with E-state index >= 15 is 0 Å². The number of nitrogens with zero attached hydrogens (tertiary/aromatic N) is 2. The lowest BCUT2D eigenvalue weighted by Crippen LogP contribution is -2.00. The first-order valence-electron chi connectivity index (χ1n) is 4.60. The molecule has 1 aromatic heterocycles. The van der Waals surface area contributed by atoms with Gasteiger partial charge < -0.3 is 11.5 Å². The monoisotopic (exact) mass is 212 g/mol. The van der Waals surface area contributed by atoms with Crippen LogP contribution < -0.4 is 11.5 Å². The van der Waals surface area contributed by atoms with E-state index in [1.165, 1.54) is 0 Å². The Balaban J connectivity index is 2.50. The zero-order chi connectivity index (χ0) is 10.6. The molecule has 0 aliphatic carbocycles. The third-order valence-electron chi connectivity index (χ3n) is 1.67. The fourth-order valence-electron chi connectivity index (χ4n) is 0.912. The van der Waals surface area contributed by atoms with Crippen molar-refractivity contribution >= 4 is 23.4 Å². The van der Waals surface area contributed by atoms with Gasteiger partial charge in [-0.2, -0.15) is 0 Å². The van der Waals surface area contributed by atoms with Crippen LogP contribution in [-0.4, -0.2) is 15.7 Å². The van der Waals surface area contributed by atoms with Crippen molar-refractivity contribution in [1.82, 2.24) is 9.97 Å². The summed E-state index contributed by atoms with van der Waals surface area (Å²) in [7, 11) is 0. The SMILES string of the molecule is CC(C)CCSc1nc(N)cc(N)n1. The molecule has 0 radical (unpaired) electrons. The summed E-state index contributed by atoms with van der Waals surface area (Å²) in [5.41, 5.74) is 11.1. The molecule has 0 bridgehead atoms. The second kappa shape index (κ2) is 5.05. The van der Waals surface area contributed by atoms with Gasteiger partial charge in [-0.25, -0.2) is 9.97 Å². The van der Waals surface area contributed by atoms with Crippen LogP contribution in [0.1, 0.15) is 20.3 Å². The van der Waals surface area contributed by atoms with Gasteiger partial charge in [-0.3, -0.25) is 0 Å². The molecule has 5 heteroatoms. The number of rotatable bonds is 4. The first-order chi connectivity index (χ1) is 6.58. The highest BCUT2D eigenvalue weighted by Gasteiger charge is 2.01. The van der Waals surface area contributed by atoms with E-state index in [-0.39, 0.29) is 0 Å². The first kappa shape index (κ1) is 11.1. The molecule has 1 aromatic rings. The van der Waals surface area contributed by atoms with Gasteiger partial charge in [-0.1, -0.05) is 25.6 Å². The molecule has 14 heavy (non-hydrogen) atoms. The number of nitrogens with two attached hydrogens (primary N) is 2. The van der Waals surface area contributed by atoms with E-state index in [0.717, 1.165) is 12.2 Å². The van der Waals surface area contributed by atoms with Gasteiger partial charge in [0.25, 0.3) is 0 Å². The van der Waals surface area contributed by atoms with Gasteiger partial charge in [-0.05, 0) is 12.3 Å². The van der Waals surface area contributed by atoms with Crippen LogP contribution in [-0.2, 0) is 0 Å². The van der Waals surface area contributed by atoms with Crippen molar-refractivity contribution in [3.05, 3.63) is 6.07 Å². The van der Waals surface area contributed by atoms with E-state index in [4.69, 9.17) is 11.5 Å². The molecule has 0 aliphatic heterocycles. The Labute approximate surface area is 88.5 Å². The molecule has 0 fully saturated rings. The van der Waals surface area contributed by atoms with E-state index in [2.05, 4.69) is 23.8 Å². The molecule has 1 heterocycles. The number of hydrogen-bond acceptors (Lipinski definition) is 5. The number of nitrogen functional groups attached to an aromatic ring is 2. The van der Waals surface area contributed by atoms with E-state index in [1.807, 2.05) is 0 Å². The predicted octanol–water partition coefficient (Wildman–Crippen LogP) is 1.78. The number of anilines is 2. The summed E-state index contributed by atoms with van der Waals surface area (Å²) < 4.78 is 0. The Bertz CT molecular complexity index is 281. The average molecular weight is 212 g/mol. The molecule has 0 aromatic carbocycles. The maximum absolute atomic E-state index is 5.55. The van der Waals surface area contributed by atoms with Crippen molar-refractivity contribution in [1.29, 1.82) is 0 Å². The highest BCUT2D eigenvalue weighted by molar-refractivity contribution is 7.99. The van der Waals surface area contributed by atoms with Crippen molar-refractivity contribution < 1.29 is 0 Å². The molecule has 0 aliphatic rings. The molecule has 4 nitrogen and oxygen atoms in total. The van der Waals surface area contributed by atoms with Crippen molar-refractivity contribution in [2.24, 2.45) is 5.92 Å². The summed E-state index contributed by atoms with van der Waals surface area (Å²) in [6, 6.07) is 1.56. The van der Waals surface area contributed by atoms with Crippen molar-refractivity contribution in [3.63, 3.8) is 0 Å². The van der Waals surface area contributed by atoms with Gasteiger partial charge in [0.15, 0.2) is 5.16 Å². The Kier molecular flexibility index (Phi) is 4.00. The van der Waals surface area contributed by atoms with Gasteiger partial charge in [-0.15, -0.1) is 0 Å². The van der Waals surface area contributed by atoms with Gasteiger partial charge in [0.2, 0.25) is 0 Å². The van der Waals surface area contributed by atoms with Crippen molar-refractivity contribution in [3.8, 4) is 0 Å². The fraction of sp³-hybridized carbons (Fsp3) is 0.556. The van der Waals surface area contributed by atoms with E-state index < -0.39 is 0 Å². The Hall–Kier alpha value is -0.970. The largest absolute Gasteiger partial charge is 0.383 e. The molecular formula is C9H16N4S. The molecule has 4 N–H and O–H groups in total. The molecule has 0 unspecified atom stereocenters. The lowest BCUT2D eigenvalue weighted by atomic mass is 10.2. The number of thioether (sulfide) groups is 1. The highest BCUT2D eigenvalue weighted by Crippen LogP contribution is 2.18. The minimum atomic E-state index is 0.435. The lowest BCUT2D eigenvalue weighted by Gasteiger charge is -2.04. The molecule has 0 saturated heterocycles. The van der Waals surface area contributed by atoms with Crippen LogP contribution in [0.15, 0.2) is 11.2 Å². The zero-order valence-electron chi connectivity index (χ0n) is 8.53. The summed E-state index contributed by atoms with van der Waals surface area (Å²) >= 11 is 1.59. The first-order valence-corrected chi connectivity index (χ1v) is 5.59. The summed E-state index contributed by atoms with van der Waals surface area (Å²) in [6.07, 6.45) is 1.14. The second-order valence-corrected chi connectivity index (χ2v) is 4.59. The van der Waals surface area contributed by atoms with Crippen LogP contribution in [0, 0.1) is 5.92 Å². The Morgan fingerprint density at radius 2 is 1.86 bits per heavy atom. The Morgan fingerprint density at radius 1 is 1.29 bits per heavy atom. The van der Waals surface area contributed by atoms with Gasteiger partial charge in [0.1, 0.15) is 11.6 Å². The van der Waals surface area contributed by atoms with Crippen LogP contribution in [0.3, 0.4) is 0 Å². The van der Waals surface area contributed by atoms with Crippen molar-refractivity contribution in [2.75, 3.05) is 17.2 Å². The predicted molar refractivity (Wildman–Crippen MR) is 61.0 cm³/mol. The number of aromatic nitrogens is 2. The standard InChI is InChI=1S/C9H16N4S/c1-6(2)3-4-14-9-12-7(10)5-8(11)13-9/h5-6H,3-4H2,1-2H3,(H4,10,11,12,13). The van der Waals surface area contributed by atoms with E-state index in [9.17, 15) is 0 Å². The summed E-state index contributed by atoms with van der Waals surface area (Å²) in [5, 5.41) is 0.670. The Morgan fingerprint density at radius 3 is 2.36 bits per heavy atom. The molecule has 0 spiro atoms. The molecule has 0 atom stereocenters. The maximum atomic E-state index is 5.55. The fourth-order valence-corrected chi connectivity index (χ4v) is 2.02. The van der Waals surface area contributed by atoms with Crippen LogP contribution in [0.5, 0.6) is 0 Å². The molecular weight excluding hydrogens is 196 g/mol. The maximum Gasteiger partial charge on any atom is 0.191 e. The van der Waals surface area contributed by atoms with Crippen LogP contribution >= 0.6 is 11.8 Å². The summed E-state index contributed by atoms with van der Waals surface area (Å²) in [6.45, 7) is 4.38. The van der Waals surface area contributed by atoms with Gasteiger partial charge >= 0.3 is 0 Å². The smallest absolute Gasteiger partial charge is 0.191 e. The summed E-state index contributed by atoms with van der Waals surface area (Å²) in [5.74, 6) is 2.57.